The molecule has 0 atom stereocenters. The molecular weight excluding hydrogens is 380 g/mol. The van der Waals surface area contributed by atoms with Gasteiger partial charge in [-0.15, -0.1) is 0 Å². The van der Waals surface area contributed by atoms with Crippen LogP contribution in [0.5, 0.6) is 5.75 Å². The van der Waals surface area contributed by atoms with Gasteiger partial charge in [0.25, 0.3) is 5.56 Å². The van der Waals surface area contributed by atoms with E-state index >= 15 is 0 Å². The minimum Gasteiger partial charge on any atom is -0.495 e. The lowest BCUT2D eigenvalue weighted by atomic mass is 10.0. The standard InChI is InChI=1S/C23H26N4O3/c1-15-7-8-20(30-3)19(13-15)25-23(29)26-11-9-17(10-12-26)27-14-24-21-16(2)5-4-6-18(21)22(27)28/h4-8,13-14,17H,9-12H2,1-3H3,(H,25,29). The normalized spacial score (nSPS) is 14.7. The first-order chi connectivity index (χ1) is 14.5. The predicted octanol–water partition coefficient (Wildman–Crippen LogP) is 3.89. The molecule has 0 spiro atoms. The lowest BCUT2D eigenvalue weighted by Gasteiger charge is -2.33. The highest BCUT2D eigenvalue weighted by Crippen LogP contribution is 2.27. The van der Waals surface area contributed by atoms with Crippen molar-refractivity contribution in [2.45, 2.75) is 32.7 Å². The molecule has 0 aliphatic carbocycles. The number of methoxy groups -OCH3 is 1. The third-order valence-electron chi connectivity index (χ3n) is 5.76. The zero-order valence-corrected chi connectivity index (χ0v) is 17.5. The third kappa shape index (κ3) is 3.75. The van der Waals surface area contributed by atoms with Crippen LogP contribution in [0.3, 0.4) is 0 Å². The molecule has 2 heterocycles. The topological polar surface area (TPSA) is 76.5 Å². The van der Waals surface area contributed by atoms with Crippen LogP contribution in [0.2, 0.25) is 0 Å². The molecule has 1 fully saturated rings. The average molecular weight is 406 g/mol. The number of amides is 2. The van der Waals surface area contributed by atoms with E-state index in [1.54, 1.807) is 22.9 Å². The number of nitrogens with zero attached hydrogens (tertiary/aromatic N) is 3. The van der Waals surface area contributed by atoms with Crippen molar-refractivity contribution in [1.82, 2.24) is 14.5 Å². The van der Waals surface area contributed by atoms with Gasteiger partial charge < -0.3 is 15.0 Å². The molecule has 0 radical (unpaired) electrons. The summed E-state index contributed by atoms with van der Waals surface area (Å²) < 4.78 is 7.06. The molecule has 4 rings (SSSR count). The summed E-state index contributed by atoms with van der Waals surface area (Å²) in [5, 5.41) is 3.59. The number of likely N-dealkylation sites (tertiary alicyclic amines) is 1. The molecule has 156 valence electrons. The van der Waals surface area contributed by atoms with Crippen molar-refractivity contribution in [1.29, 1.82) is 0 Å². The number of aromatic nitrogens is 2. The van der Waals surface area contributed by atoms with Gasteiger partial charge in [0.05, 0.1) is 30.0 Å². The fraction of sp³-hybridized carbons (Fsp3) is 0.348. The SMILES string of the molecule is COc1ccc(C)cc1NC(=O)N1CCC(n2cnc3c(C)cccc3c2=O)CC1. The fourth-order valence-corrected chi connectivity index (χ4v) is 4.04. The first-order valence-corrected chi connectivity index (χ1v) is 10.1. The van der Waals surface area contributed by atoms with Gasteiger partial charge in [-0.1, -0.05) is 18.2 Å². The van der Waals surface area contributed by atoms with E-state index in [0.717, 1.165) is 16.6 Å². The Labute approximate surface area is 175 Å². The van der Waals surface area contributed by atoms with E-state index in [1.807, 2.05) is 50.2 Å². The number of piperidine rings is 1. The number of fused-ring (bicyclic) bond motifs is 1. The summed E-state index contributed by atoms with van der Waals surface area (Å²) in [5.74, 6) is 0.632. The van der Waals surface area contributed by atoms with Crippen molar-refractivity contribution in [2.24, 2.45) is 0 Å². The number of carbonyl (C=O) groups excluding carboxylic acids is 1. The molecule has 1 N–H and O–H groups in total. The van der Waals surface area contributed by atoms with Gasteiger partial charge in [-0.3, -0.25) is 9.36 Å². The quantitative estimate of drug-likeness (QED) is 0.716. The van der Waals surface area contributed by atoms with E-state index in [2.05, 4.69) is 10.3 Å². The number of para-hydroxylation sites is 1. The van der Waals surface area contributed by atoms with Crippen LogP contribution in [-0.2, 0) is 0 Å². The van der Waals surface area contributed by atoms with Crippen LogP contribution >= 0.6 is 0 Å². The highest BCUT2D eigenvalue weighted by Gasteiger charge is 2.25. The van der Waals surface area contributed by atoms with Crippen LogP contribution < -0.4 is 15.6 Å². The van der Waals surface area contributed by atoms with Crippen molar-refractivity contribution in [2.75, 3.05) is 25.5 Å². The first kappa shape index (κ1) is 19.9. The summed E-state index contributed by atoms with van der Waals surface area (Å²) in [6.07, 6.45) is 3.06. The maximum Gasteiger partial charge on any atom is 0.321 e. The van der Waals surface area contributed by atoms with Crippen molar-refractivity contribution in [3.8, 4) is 5.75 Å². The molecule has 3 aromatic rings. The van der Waals surface area contributed by atoms with E-state index in [4.69, 9.17) is 4.74 Å². The molecular formula is C23H26N4O3. The number of urea groups is 1. The Morgan fingerprint density at radius 2 is 1.93 bits per heavy atom. The van der Waals surface area contributed by atoms with Gasteiger partial charge in [0, 0.05) is 19.1 Å². The zero-order valence-electron chi connectivity index (χ0n) is 17.5. The molecule has 0 bridgehead atoms. The van der Waals surface area contributed by atoms with Crippen molar-refractivity contribution >= 4 is 22.6 Å². The molecule has 30 heavy (non-hydrogen) atoms. The van der Waals surface area contributed by atoms with Gasteiger partial charge in [-0.25, -0.2) is 9.78 Å². The second-order valence-electron chi connectivity index (χ2n) is 7.78. The number of anilines is 1. The molecule has 1 aromatic heterocycles. The second kappa shape index (κ2) is 8.18. The smallest absolute Gasteiger partial charge is 0.321 e. The number of aryl methyl sites for hydroxylation is 2. The highest BCUT2D eigenvalue weighted by molar-refractivity contribution is 5.91. The monoisotopic (exact) mass is 406 g/mol. The maximum absolute atomic E-state index is 13.0. The minimum absolute atomic E-state index is 0.0175. The summed E-state index contributed by atoms with van der Waals surface area (Å²) in [4.78, 5) is 32.0. The van der Waals surface area contributed by atoms with E-state index < -0.39 is 0 Å². The Kier molecular flexibility index (Phi) is 5.44. The van der Waals surface area contributed by atoms with Gasteiger partial charge in [-0.2, -0.15) is 0 Å². The van der Waals surface area contributed by atoms with Gasteiger partial charge in [0.2, 0.25) is 0 Å². The molecule has 0 unspecified atom stereocenters. The van der Waals surface area contributed by atoms with Crippen LogP contribution in [-0.4, -0.2) is 40.7 Å². The van der Waals surface area contributed by atoms with Crippen LogP contribution in [0.15, 0.2) is 47.5 Å². The maximum atomic E-state index is 13.0. The molecule has 7 nitrogen and oxygen atoms in total. The number of benzene rings is 2. The highest BCUT2D eigenvalue weighted by atomic mass is 16.5. The molecule has 1 aliphatic rings. The van der Waals surface area contributed by atoms with Crippen LogP contribution in [0.25, 0.3) is 10.9 Å². The minimum atomic E-state index is -0.156. The average Bonchev–Trinajstić information content (AvgIpc) is 2.75. The summed E-state index contributed by atoms with van der Waals surface area (Å²) in [6.45, 7) is 5.07. The van der Waals surface area contributed by atoms with E-state index in [0.29, 0.717) is 42.8 Å². The number of hydrogen-bond acceptors (Lipinski definition) is 4. The molecule has 2 amide bonds. The zero-order chi connectivity index (χ0) is 21.3. The van der Waals surface area contributed by atoms with Crippen molar-refractivity contribution in [3.63, 3.8) is 0 Å². The summed E-state index contributed by atoms with van der Waals surface area (Å²) >= 11 is 0. The van der Waals surface area contributed by atoms with E-state index in [-0.39, 0.29) is 17.6 Å². The molecule has 2 aromatic carbocycles. The van der Waals surface area contributed by atoms with Crippen LogP contribution in [0, 0.1) is 13.8 Å². The van der Waals surface area contributed by atoms with E-state index in [9.17, 15) is 9.59 Å². The lowest BCUT2D eigenvalue weighted by molar-refractivity contribution is 0.182. The van der Waals surface area contributed by atoms with Crippen molar-refractivity contribution < 1.29 is 9.53 Å². The number of rotatable bonds is 3. The number of ether oxygens (including phenoxy) is 1. The third-order valence-corrected chi connectivity index (χ3v) is 5.76. The molecule has 1 saturated heterocycles. The Balaban J connectivity index is 1.46. The van der Waals surface area contributed by atoms with Crippen LogP contribution in [0.4, 0.5) is 10.5 Å². The number of hydrogen-bond donors (Lipinski definition) is 1. The fourth-order valence-electron chi connectivity index (χ4n) is 4.04. The Bertz CT molecular complexity index is 1150. The largest absolute Gasteiger partial charge is 0.495 e. The Morgan fingerprint density at radius 1 is 1.17 bits per heavy atom. The summed E-state index contributed by atoms with van der Waals surface area (Å²) in [5.41, 5.74) is 3.44. The van der Waals surface area contributed by atoms with E-state index in [1.165, 1.54) is 0 Å². The van der Waals surface area contributed by atoms with Gasteiger partial charge in [-0.05, 0) is 56.0 Å². The Morgan fingerprint density at radius 3 is 2.67 bits per heavy atom. The lowest BCUT2D eigenvalue weighted by Crippen LogP contribution is -2.42. The van der Waals surface area contributed by atoms with Gasteiger partial charge in [0.15, 0.2) is 0 Å². The molecule has 1 aliphatic heterocycles. The summed E-state index contributed by atoms with van der Waals surface area (Å²) in [6, 6.07) is 11.2. The first-order valence-electron chi connectivity index (χ1n) is 10.1. The van der Waals surface area contributed by atoms with Crippen molar-refractivity contribution in [3.05, 3.63) is 64.2 Å². The van der Waals surface area contributed by atoms with Crippen LogP contribution in [0.1, 0.15) is 30.0 Å². The van der Waals surface area contributed by atoms with Gasteiger partial charge in [0.1, 0.15) is 5.75 Å². The number of nitrogens with one attached hydrogen (secondary N) is 1. The Hall–Kier alpha value is -3.35. The summed E-state index contributed by atoms with van der Waals surface area (Å²) in [7, 11) is 1.59. The molecule has 7 heteroatoms. The molecule has 0 saturated carbocycles. The van der Waals surface area contributed by atoms with Gasteiger partial charge >= 0.3 is 6.03 Å². The second-order valence-corrected chi connectivity index (χ2v) is 7.78. The predicted molar refractivity (Wildman–Crippen MR) is 117 cm³/mol. The number of carbonyl (C=O) groups is 1.